The van der Waals surface area contributed by atoms with Crippen LogP contribution in [-0.2, 0) is 11.2 Å². The highest BCUT2D eigenvalue weighted by Gasteiger charge is 2.05. The number of hydrogen-bond acceptors (Lipinski definition) is 3. The van der Waals surface area contributed by atoms with Crippen LogP contribution in [0.2, 0.25) is 0 Å². The van der Waals surface area contributed by atoms with E-state index in [1.807, 2.05) is 30.3 Å². The lowest BCUT2D eigenvalue weighted by Crippen LogP contribution is -2.29. The van der Waals surface area contributed by atoms with Gasteiger partial charge in [-0.3, -0.25) is 9.78 Å². The smallest absolute Gasteiger partial charge is 0.224 e. The summed E-state index contributed by atoms with van der Waals surface area (Å²) in [6, 6.07) is 15.5. The Morgan fingerprint density at radius 1 is 1.08 bits per heavy atom. The van der Waals surface area contributed by atoms with Crippen LogP contribution in [-0.4, -0.2) is 24.0 Å². The van der Waals surface area contributed by atoms with Gasteiger partial charge in [0.15, 0.2) is 0 Å². The van der Waals surface area contributed by atoms with Crippen molar-refractivity contribution in [2.75, 3.05) is 13.2 Å². The van der Waals surface area contributed by atoms with Crippen molar-refractivity contribution in [3.8, 4) is 5.75 Å². The van der Waals surface area contributed by atoms with Crippen molar-refractivity contribution in [1.82, 2.24) is 10.3 Å². The number of para-hydroxylation sites is 1. The number of ether oxygens (including phenoxy) is 1. The van der Waals surface area contributed by atoms with Crippen LogP contribution in [0.4, 0.5) is 4.39 Å². The van der Waals surface area contributed by atoms with Gasteiger partial charge in [-0.05, 0) is 29.8 Å². The second kappa shape index (κ2) is 7.55. The van der Waals surface area contributed by atoms with Crippen LogP contribution in [0.25, 0.3) is 10.9 Å². The lowest BCUT2D eigenvalue weighted by molar-refractivity contribution is -0.120. The van der Waals surface area contributed by atoms with Gasteiger partial charge >= 0.3 is 0 Å². The summed E-state index contributed by atoms with van der Waals surface area (Å²) in [6.45, 7) is 0.744. The van der Waals surface area contributed by atoms with Gasteiger partial charge in [0.2, 0.25) is 5.91 Å². The summed E-state index contributed by atoms with van der Waals surface area (Å²) in [5.41, 5.74) is 1.57. The Labute approximate surface area is 139 Å². The summed E-state index contributed by atoms with van der Waals surface area (Å²) in [7, 11) is 0. The molecule has 0 bridgehead atoms. The normalized spacial score (nSPS) is 10.5. The quantitative estimate of drug-likeness (QED) is 0.709. The molecule has 0 aliphatic carbocycles. The molecule has 3 aromatic rings. The maximum Gasteiger partial charge on any atom is 0.224 e. The molecule has 122 valence electrons. The molecule has 5 heteroatoms. The largest absolute Gasteiger partial charge is 0.489 e. The fourth-order valence-electron chi connectivity index (χ4n) is 2.39. The highest BCUT2D eigenvalue weighted by molar-refractivity contribution is 5.84. The van der Waals surface area contributed by atoms with Crippen molar-refractivity contribution in [2.45, 2.75) is 6.42 Å². The molecule has 1 heterocycles. The third kappa shape index (κ3) is 4.07. The third-order valence-electron chi connectivity index (χ3n) is 3.56. The Balaban J connectivity index is 1.48. The predicted octanol–water partition coefficient (Wildman–Crippen LogP) is 3.11. The van der Waals surface area contributed by atoms with Crippen molar-refractivity contribution >= 4 is 16.8 Å². The average Bonchev–Trinajstić information content (AvgIpc) is 2.61. The standard InChI is InChI=1S/C19H17FN2O2/c20-16-8-6-14(7-9-16)13-18(23)21-11-12-24-17-5-1-3-15-4-2-10-22-19(15)17/h1-10H,11-13H2,(H,21,23). The lowest BCUT2D eigenvalue weighted by Gasteiger charge is -2.09. The summed E-state index contributed by atoms with van der Waals surface area (Å²) in [5.74, 6) is 0.262. The molecule has 0 aliphatic heterocycles. The number of aromatic nitrogens is 1. The van der Waals surface area contributed by atoms with Crippen LogP contribution in [0, 0.1) is 5.82 Å². The Hall–Kier alpha value is -2.95. The molecule has 0 aliphatic rings. The zero-order chi connectivity index (χ0) is 16.8. The number of fused-ring (bicyclic) bond motifs is 1. The molecular weight excluding hydrogens is 307 g/mol. The molecule has 0 atom stereocenters. The molecule has 1 N–H and O–H groups in total. The van der Waals surface area contributed by atoms with Gasteiger partial charge in [-0.25, -0.2) is 4.39 Å². The maximum absolute atomic E-state index is 12.8. The van der Waals surface area contributed by atoms with Gasteiger partial charge < -0.3 is 10.1 Å². The second-order valence-corrected chi connectivity index (χ2v) is 5.33. The van der Waals surface area contributed by atoms with E-state index in [1.54, 1.807) is 18.3 Å². The van der Waals surface area contributed by atoms with E-state index in [4.69, 9.17) is 4.74 Å². The molecule has 0 unspecified atom stereocenters. The van der Waals surface area contributed by atoms with E-state index in [-0.39, 0.29) is 18.1 Å². The number of rotatable bonds is 6. The van der Waals surface area contributed by atoms with Gasteiger partial charge in [-0.15, -0.1) is 0 Å². The van der Waals surface area contributed by atoms with Crippen LogP contribution in [0.5, 0.6) is 5.75 Å². The number of nitrogens with zero attached hydrogens (tertiary/aromatic N) is 1. The Kier molecular flexibility index (Phi) is 5.01. The fraction of sp³-hybridized carbons (Fsp3) is 0.158. The number of carbonyl (C=O) groups excluding carboxylic acids is 1. The molecule has 2 aromatic carbocycles. The van der Waals surface area contributed by atoms with Crippen molar-refractivity contribution in [2.24, 2.45) is 0 Å². The number of amides is 1. The highest BCUT2D eigenvalue weighted by Crippen LogP contribution is 2.22. The monoisotopic (exact) mass is 324 g/mol. The second-order valence-electron chi connectivity index (χ2n) is 5.33. The van der Waals surface area contributed by atoms with E-state index in [0.29, 0.717) is 18.9 Å². The average molecular weight is 324 g/mol. The molecular formula is C19H17FN2O2. The third-order valence-corrected chi connectivity index (χ3v) is 3.56. The molecule has 1 aromatic heterocycles. The topological polar surface area (TPSA) is 51.2 Å². The number of halogens is 1. The van der Waals surface area contributed by atoms with Gasteiger partial charge in [0.25, 0.3) is 0 Å². The van der Waals surface area contributed by atoms with Gasteiger partial charge in [0, 0.05) is 11.6 Å². The van der Waals surface area contributed by atoms with Crippen LogP contribution in [0.3, 0.4) is 0 Å². The summed E-state index contributed by atoms with van der Waals surface area (Å²) in [4.78, 5) is 16.2. The minimum absolute atomic E-state index is 0.124. The highest BCUT2D eigenvalue weighted by atomic mass is 19.1. The maximum atomic E-state index is 12.8. The van der Waals surface area contributed by atoms with Crippen molar-refractivity contribution in [3.05, 3.63) is 72.2 Å². The lowest BCUT2D eigenvalue weighted by atomic mass is 10.1. The Morgan fingerprint density at radius 3 is 2.71 bits per heavy atom. The SMILES string of the molecule is O=C(Cc1ccc(F)cc1)NCCOc1cccc2cccnc12. The molecule has 0 radical (unpaired) electrons. The first kappa shape index (κ1) is 15.9. The van der Waals surface area contributed by atoms with E-state index in [2.05, 4.69) is 10.3 Å². The molecule has 0 saturated heterocycles. The summed E-state index contributed by atoms with van der Waals surface area (Å²) in [6.07, 6.45) is 1.94. The molecule has 1 amide bonds. The molecule has 0 saturated carbocycles. The predicted molar refractivity (Wildman–Crippen MR) is 90.4 cm³/mol. The number of benzene rings is 2. The summed E-state index contributed by atoms with van der Waals surface area (Å²) >= 11 is 0. The van der Waals surface area contributed by atoms with Crippen LogP contribution in [0.15, 0.2) is 60.8 Å². The Bertz CT molecular complexity index is 829. The van der Waals surface area contributed by atoms with E-state index in [1.165, 1.54) is 12.1 Å². The molecule has 4 nitrogen and oxygen atoms in total. The number of nitrogens with one attached hydrogen (secondary N) is 1. The zero-order valence-corrected chi connectivity index (χ0v) is 13.0. The van der Waals surface area contributed by atoms with E-state index < -0.39 is 0 Å². The molecule has 0 spiro atoms. The van der Waals surface area contributed by atoms with E-state index >= 15 is 0 Å². The van der Waals surface area contributed by atoms with Crippen LogP contribution in [0.1, 0.15) is 5.56 Å². The van der Waals surface area contributed by atoms with Gasteiger partial charge in [0.1, 0.15) is 23.7 Å². The minimum atomic E-state index is -0.309. The number of hydrogen-bond donors (Lipinski definition) is 1. The molecule has 24 heavy (non-hydrogen) atoms. The zero-order valence-electron chi connectivity index (χ0n) is 13.0. The van der Waals surface area contributed by atoms with Crippen molar-refractivity contribution in [3.63, 3.8) is 0 Å². The fourth-order valence-corrected chi connectivity index (χ4v) is 2.39. The van der Waals surface area contributed by atoms with Crippen LogP contribution >= 0.6 is 0 Å². The van der Waals surface area contributed by atoms with E-state index in [9.17, 15) is 9.18 Å². The first-order valence-corrected chi connectivity index (χ1v) is 7.70. The van der Waals surface area contributed by atoms with Crippen LogP contribution < -0.4 is 10.1 Å². The first-order chi connectivity index (χ1) is 11.7. The summed E-state index contributed by atoms with van der Waals surface area (Å²) in [5, 5.41) is 3.80. The minimum Gasteiger partial charge on any atom is -0.489 e. The summed E-state index contributed by atoms with van der Waals surface area (Å²) < 4.78 is 18.5. The van der Waals surface area contributed by atoms with Gasteiger partial charge in [-0.1, -0.05) is 30.3 Å². The number of carbonyl (C=O) groups is 1. The Morgan fingerprint density at radius 2 is 1.88 bits per heavy atom. The first-order valence-electron chi connectivity index (χ1n) is 7.70. The van der Waals surface area contributed by atoms with Crippen molar-refractivity contribution < 1.29 is 13.9 Å². The van der Waals surface area contributed by atoms with Crippen molar-refractivity contribution in [1.29, 1.82) is 0 Å². The number of pyridine rings is 1. The van der Waals surface area contributed by atoms with Gasteiger partial charge in [0.05, 0.1) is 13.0 Å². The molecule has 0 fully saturated rings. The van der Waals surface area contributed by atoms with E-state index in [0.717, 1.165) is 16.5 Å². The van der Waals surface area contributed by atoms with Gasteiger partial charge in [-0.2, -0.15) is 0 Å². The molecule has 3 rings (SSSR count).